The maximum absolute atomic E-state index is 12.4. The van der Waals surface area contributed by atoms with E-state index < -0.39 is 0 Å². The van der Waals surface area contributed by atoms with Crippen LogP contribution >= 0.6 is 11.6 Å². The van der Waals surface area contributed by atoms with Crippen molar-refractivity contribution in [3.8, 4) is 28.6 Å². The van der Waals surface area contributed by atoms with E-state index in [4.69, 9.17) is 30.2 Å². The third-order valence-corrected chi connectivity index (χ3v) is 4.54. The van der Waals surface area contributed by atoms with Crippen molar-refractivity contribution in [1.82, 2.24) is 4.98 Å². The predicted molar refractivity (Wildman–Crippen MR) is 110 cm³/mol. The summed E-state index contributed by atoms with van der Waals surface area (Å²) in [5.74, 6) is 2.55. The molecule has 0 saturated heterocycles. The summed E-state index contributed by atoms with van der Waals surface area (Å²) in [6.07, 6.45) is 2.19. The second-order valence-electron chi connectivity index (χ2n) is 6.08. The van der Waals surface area contributed by atoms with Gasteiger partial charge in [-0.05, 0) is 24.3 Å². The Balaban J connectivity index is 1.62. The number of rotatable bonds is 8. The molecule has 0 bridgehead atoms. The predicted octanol–water partition coefficient (Wildman–Crippen LogP) is 4.59. The zero-order valence-corrected chi connectivity index (χ0v) is 17.1. The molecule has 1 amide bonds. The van der Waals surface area contributed by atoms with Gasteiger partial charge < -0.3 is 23.9 Å². The van der Waals surface area contributed by atoms with Crippen molar-refractivity contribution in [3.05, 3.63) is 53.5 Å². The molecule has 0 atom stereocenters. The van der Waals surface area contributed by atoms with Gasteiger partial charge in [-0.2, -0.15) is 0 Å². The first kappa shape index (κ1) is 20.5. The molecule has 29 heavy (non-hydrogen) atoms. The SMILES string of the molecule is COc1ccc(-c2cnc(CCC(=O)Nc3cc(OC)c(Cl)cc3OC)o2)cc1. The number of anilines is 1. The van der Waals surface area contributed by atoms with Gasteiger partial charge in [-0.3, -0.25) is 4.79 Å². The smallest absolute Gasteiger partial charge is 0.224 e. The highest BCUT2D eigenvalue weighted by Crippen LogP contribution is 2.36. The molecule has 1 N–H and O–H groups in total. The Morgan fingerprint density at radius 2 is 1.79 bits per heavy atom. The van der Waals surface area contributed by atoms with Crippen LogP contribution in [-0.4, -0.2) is 32.2 Å². The molecule has 0 radical (unpaired) electrons. The van der Waals surface area contributed by atoms with Gasteiger partial charge in [0.25, 0.3) is 0 Å². The lowest BCUT2D eigenvalue weighted by molar-refractivity contribution is -0.116. The Kier molecular flexibility index (Phi) is 6.61. The van der Waals surface area contributed by atoms with Crippen molar-refractivity contribution < 1.29 is 23.4 Å². The van der Waals surface area contributed by atoms with E-state index in [-0.39, 0.29) is 12.3 Å². The summed E-state index contributed by atoms with van der Waals surface area (Å²) in [4.78, 5) is 16.6. The normalized spacial score (nSPS) is 10.5. The van der Waals surface area contributed by atoms with Gasteiger partial charge in [0.1, 0.15) is 17.2 Å². The number of aryl methyl sites for hydroxylation is 1. The van der Waals surface area contributed by atoms with Gasteiger partial charge in [-0.1, -0.05) is 11.6 Å². The summed E-state index contributed by atoms with van der Waals surface area (Å²) in [5, 5.41) is 3.20. The van der Waals surface area contributed by atoms with Gasteiger partial charge in [-0.15, -0.1) is 0 Å². The average molecular weight is 417 g/mol. The summed E-state index contributed by atoms with van der Waals surface area (Å²) < 4.78 is 21.3. The zero-order chi connectivity index (χ0) is 20.8. The third kappa shape index (κ3) is 5.00. The minimum Gasteiger partial charge on any atom is -0.497 e. The quantitative estimate of drug-likeness (QED) is 0.578. The van der Waals surface area contributed by atoms with E-state index in [9.17, 15) is 4.79 Å². The van der Waals surface area contributed by atoms with Gasteiger partial charge in [0.2, 0.25) is 5.91 Å². The number of hydrogen-bond donors (Lipinski definition) is 1. The van der Waals surface area contributed by atoms with Crippen molar-refractivity contribution in [2.75, 3.05) is 26.6 Å². The monoisotopic (exact) mass is 416 g/mol. The Labute approximate surface area is 173 Å². The van der Waals surface area contributed by atoms with E-state index in [0.29, 0.717) is 40.3 Å². The molecule has 0 unspecified atom stereocenters. The first-order valence-corrected chi connectivity index (χ1v) is 9.22. The number of hydrogen-bond acceptors (Lipinski definition) is 6. The molecule has 0 aliphatic carbocycles. The van der Waals surface area contributed by atoms with Crippen molar-refractivity contribution in [2.24, 2.45) is 0 Å². The Hall–Kier alpha value is -3.19. The Bertz CT molecular complexity index is 985. The number of nitrogens with one attached hydrogen (secondary N) is 1. The number of aromatic nitrogens is 1. The van der Waals surface area contributed by atoms with Crippen LogP contribution < -0.4 is 19.5 Å². The van der Waals surface area contributed by atoms with Gasteiger partial charge in [-0.25, -0.2) is 4.98 Å². The first-order valence-electron chi connectivity index (χ1n) is 8.84. The summed E-state index contributed by atoms with van der Waals surface area (Å²) in [6.45, 7) is 0. The fraction of sp³-hybridized carbons (Fsp3) is 0.238. The lowest BCUT2D eigenvalue weighted by Gasteiger charge is -2.13. The van der Waals surface area contributed by atoms with Crippen molar-refractivity contribution >= 4 is 23.2 Å². The highest BCUT2D eigenvalue weighted by molar-refractivity contribution is 6.32. The standard InChI is InChI=1S/C21H21ClN2O5/c1-26-14-6-4-13(5-7-14)19-12-23-21(29-19)9-8-20(25)24-16-11-17(27-2)15(22)10-18(16)28-3/h4-7,10-12H,8-9H2,1-3H3,(H,24,25). The van der Waals surface area contributed by atoms with Crippen LogP contribution in [0.4, 0.5) is 5.69 Å². The molecule has 1 aromatic heterocycles. The second-order valence-corrected chi connectivity index (χ2v) is 6.49. The Morgan fingerprint density at radius 1 is 1.07 bits per heavy atom. The molecule has 3 rings (SSSR count). The van der Waals surface area contributed by atoms with Crippen LogP contribution in [-0.2, 0) is 11.2 Å². The number of methoxy groups -OCH3 is 3. The van der Waals surface area contributed by atoms with E-state index in [0.717, 1.165) is 11.3 Å². The lowest BCUT2D eigenvalue weighted by atomic mass is 10.2. The maximum atomic E-state index is 12.4. The summed E-state index contributed by atoms with van der Waals surface area (Å²) >= 11 is 6.08. The maximum Gasteiger partial charge on any atom is 0.224 e. The summed E-state index contributed by atoms with van der Waals surface area (Å²) in [7, 11) is 4.62. The fourth-order valence-corrected chi connectivity index (χ4v) is 2.94. The van der Waals surface area contributed by atoms with Crippen LogP contribution in [0.2, 0.25) is 5.02 Å². The fourth-order valence-electron chi connectivity index (χ4n) is 2.71. The highest BCUT2D eigenvalue weighted by Gasteiger charge is 2.14. The third-order valence-electron chi connectivity index (χ3n) is 4.24. The van der Waals surface area contributed by atoms with Gasteiger partial charge in [0.05, 0.1) is 38.2 Å². The zero-order valence-electron chi connectivity index (χ0n) is 16.3. The molecule has 0 spiro atoms. The number of benzene rings is 2. The molecular formula is C21H21ClN2O5. The van der Waals surface area contributed by atoms with Crippen molar-refractivity contribution in [3.63, 3.8) is 0 Å². The number of nitrogens with zero attached hydrogens (tertiary/aromatic N) is 1. The number of carbonyl (C=O) groups excluding carboxylic acids is 1. The molecule has 0 fully saturated rings. The van der Waals surface area contributed by atoms with Crippen molar-refractivity contribution in [2.45, 2.75) is 12.8 Å². The number of halogens is 1. The molecule has 152 valence electrons. The number of ether oxygens (including phenoxy) is 3. The topological polar surface area (TPSA) is 82.8 Å². The molecule has 2 aromatic carbocycles. The van der Waals surface area contributed by atoms with E-state index in [1.807, 2.05) is 24.3 Å². The summed E-state index contributed by atoms with van der Waals surface area (Å²) in [6, 6.07) is 10.7. The van der Waals surface area contributed by atoms with Crippen LogP contribution in [0.1, 0.15) is 12.3 Å². The molecule has 3 aromatic rings. The van der Waals surface area contributed by atoms with Crippen LogP contribution in [0, 0.1) is 0 Å². The van der Waals surface area contributed by atoms with Gasteiger partial charge >= 0.3 is 0 Å². The van der Waals surface area contributed by atoms with Crippen molar-refractivity contribution in [1.29, 1.82) is 0 Å². The van der Waals surface area contributed by atoms with E-state index in [1.165, 1.54) is 14.2 Å². The largest absolute Gasteiger partial charge is 0.497 e. The number of amides is 1. The van der Waals surface area contributed by atoms with Crippen LogP contribution in [0.3, 0.4) is 0 Å². The second kappa shape index (κ2) is 9.34. The molecule has 8 heteroatoms. The van der Waals surface area contributed by atoms with E-state index in [2.05, 4.69) is 10.3 Å². The summed E-state index contributed by atoms with van der Waals surface area (Å²) in [5.41, 5.74) is 1.36. The van der Waals surface area contributed by atoms with Gasteiger partial charge in [0.15, 0.2) is 11.7 Å². The van der Waals surface area contributed by atoms with Crippen LogP contribution in [0.25, 0.3) is 11.3 Å². The molecule has 1 heterocycles. The molecule has 7 nitrogen and oxygen atoms in total. The number of oxazole rings is 1. The minimum atomic E-state index is -0.211. The minimum absolute atomic E-state index is 0.191. The lowest BCUT2D eigenvalue weighted by Crippen LogP contribution is -2.13. The molecule has 0 aliphatic rings. The highest BCUT2D eigenvalue weighted by atomic mass is 35.5. The molecule has 0 aliphatic heterocycles. The molecule has 0 saturated carbocycles. The molecular weight excluding hydrogens is 396 g/mol. The Morgan fingerprint density at radius 3 is 2.45 bits per heavy atom. The van der Waals surface area contributed by atoms with E-state index >= 15 is 0 Å². The van der Waals surface area contributed by atoms with Crippen LogP contribution in [0.15, 0.2) is 47.0 Å². The van der Waals surface area contributed by atoms with Crippen LogP contribution in [0.5, 0.6) is 17.2 Å². The van der Waals surface area contributed by atoms with Gasteiger partial charge in [0, 0.05) is 30.5 Å². The van der Waals surface area contributed by atoms with E-state index in [1.54, 1.807) is 25.4 Å². The number of carbonyl (C=O) groups is 1. The average Bonchev–Trinajstić information content (AvgIpc) is 3.22. The first-order chi connectivity index (χ1) is 14.0.